The largest absolute Gasteiger partial charge is 0.381 e. The Morgan fingerprint density at radius 1 is 1.27 bits per heavy atom. The zero-order chi connectivity index (χ0) is 23.8. The van der Waals surface area contributed by atoms with Gasteiger partial charge in [0.15, 0.2) is 5.82 Å². The highest BCUT2D eigenvalue weighted by Crippen LogP contribution is 2.43. The van der Waals surface area contributed by atoms with Crippen molar-refractivity contribution < 1.29 is 9.90 Å². The van der Waals surface area contributed by atoms with Gasteiger partial charge in [0.1, 0.15) is 5.60 Å². The van der Waals surface area contributed by atoms with Crippen molar-refractivity contribution in [3.05, 3.63) is 28.8 Å². The van der Waals surface area contributed by atoms with Crippen molar-refractivity contribution in [2.24, 2.45) is 22.5 Å². The number of nitrogens with one attached hydrogen (secondary N) is 1. The first-order chi connectivity index (χ1) is 15.6. The van der Waals surface area contributed by atoms with Gasteiger partial charge in [-0.25, -0.2) is 9.99 Å². The second-order valence-corrected chi connectivity index (χ2v) is 11.2. The molecule has 2 fully saturated rings. The van der Waals surface area contributed by atoms with Crippen LogP contribution in [0, 0.1) is 22.2 Å². The lowest BCUT2D eigenvalue weighted by molar-refractivity contribution is -0.153. The number of carbonyl (C=O) groups is 1. The normalized spacial score (nSPS) is 24.3. The third-order valence-corrected chi connectivity index (χ3v) is 7.20. The first-order valence-corrected chi connectivity index (χ1v) is 12.1. The summed E-state index contributed by atoms with van der Waals surface area (Å²) in [5, 5.41) is 18.6. The number of amides is 1. The molecule has 1 aliphatic heterocycles. The van der Waals surface area contributed by atoms with Gasteiger partial charge in [-0.15, -0.1) is 4.91 Å². The minimum absolute atomic E-state index is 0.0834. The molecule has 1 saturated carbocycles. The third-order valence-electron chi connectivity index (χ3n) is 7.20. The van der Waals surface area contributed by atoms with E-state index in [2.05, 4.69) is 37.4 Å². The smallest absolute Gasteiger partial charge is 0.254 e. The Hall–Kier alpha value is -2.48. The lowest BCUT2D eigenvalue weighted by Gasteiger charge is -2.34. The van der Waals surface area contributed by atoms with Gasteiger partial charge in [0.25, 0.3) is 5.91 Å². The predicted octanol–water partition coefficient (Wildman–Crippen LogP) is 4.21. The molecule has 0 aromatic carbocycles. The van der Waals surface area contributed by atoms with Gasteiger partial charge in [-0.3, -0.25) is 4.79 Å². The van der Waals surface area contributed by atoms with Crippen LogP contribution >= 0.6 is 0 Å². The third kappa shape index (κ3) is 5.05. The Labute approximate surface area is 196 Å². The van der Waals surface area contributed by atoms with E-state index in [1.54, 1.807) is 7.05 Å². The number of hydrogen-bond acceptors (Lipinski definition) is 6. The fourth-order valence-electron chi connectivity index (χ4n) is 5.32. The maximum Gasteiger partial charge on any atom is 0.254 e. The first kappa shape index (κ1) is 23.7. The molecule has 1 aromatic rings. The Morgan fingerprint density at radius 2 is 2.00 bits per heavy atom. The predicted molar refractivity (Wildman–Crippen MR) is 131 cm³/mol. The molecular weight excluding hydrogens is 418 g/mol. The van der Waals surface area contributed by atoms with Gasteiger partial charge >= 0.3 is 0 Å². The van der Waals surface area contributed by atoms with E-state index < -0.39 is 5.60 Å². The monoisotopic (exact) mass is 455 g/mol. The highest BCUT2D eigenvalue weighted by atomic mass is 16.3. The van der Waals surface area contributed by atoms with E-state index in [0.717, 1.165) is 49.2 Å². The molecule has 2 heterocycles. The molecule has 0 bridgehead atoms. The number of hydrogen-bond donors (Lipinski definition) is 2. The lowest BCUT2D eigenvalue weighted by Crippen LogP contribution is -2.49. The van der Waals surface area contributed by atoms with Gasteiger partial charge in [0.05, 0.1) is 16.7 Å². The summed E-state index contributed by atoms with van der Waals surface area (Å²) in [6, 6.07) is 3.96. The number of allylic oxidation sites excluding steroid dienone is 1. The second kappa shape index (κ2) is 9.05. The molecular formula is C25H37N5O3. The van der Waals surface area contributed by atoms with Crippen LogP contribution < -0.4 is 10.3 Å². The number of pyridine rings is 1. The summed E-state index contributed by atoms with van der Waals surface area (Å²) < 4.78 is 0. The van der Waals surface area contributed by atoms with Crippen molar-refractivity contribution in [3.63, 3.8) is 0 Å². The van der Waals surface area contributed by atoms with Crippen LogP contribution in [0.2, 0.25) is 0 Å². The standard InChI is InChI=1S/C25H37N5O3/c1-24(2,3)16-26-21-9-8-20(27-22(21)29(4)28-33)17-12-18-14-30(15-19(18)13-17)23(31)25(32)10-6-5-7-11-25/h8-9,12,18-19,26,32H,5-7,10-11,13-16H2,1-4H3. The van der Waals surface area contributed by atoms with Crippen molar-refractivity contribution in [1.29, 1.82) is 0 Å². The molecule has 1 saturated heterocycles. The quantitative estimate of drug-likeness (QED) is 0.492. The van der Waals surface area contributed by atoms with Gasteiger partial charge in [-0.1, -0.05) is 46.1 Å². The van der Waals surface area contributed by atoms with Crippen LogP contribution in [0.3, 0.4) is 0 Å². The van der Waals surface area contributed by atoms with Crippen LogP contribution in [-0.4, -0.2) is 53.2 Å². The maximum absolute atomic E-state index is 13.0. The minimum atomic E-state index is -1.16. The van der Waals surface area contributed by atoms with Gasteiger partial charge < -0.3 is 15.3 Å². The summed E-state index contributed by atoms with van der Waals surface area (Å²) >= 11 is 0. The molecule has 8 heteroatoms. The van der Waals surface area contributed by atoms with E-state index in [1.807, 2.05) is 17.0 Å². The highest BCUT2D eigenvalue weighted by Gasteiger charge is 2.45. The van der Waals surface area contributed by atoms with Crippen LogP contribution in [0.25, 0.3) is 5.57 Å². The highest BCUT2D eigenvalue weighted by molar-refractivity contribution is 5.85. The molecule has 4 rings (SSSR count). The summed E-state index contributed by atoms with van der Waals surface area (Å²) in [6.07, 6.45) is 7.18. The molecule has 8 nitrogen and oxygen atoms in total. The van der Waals surface area contributed by atoms with E-state index >= 15 is 0 Å². The average molecular weight is 456 g/mol. The Kier molecular flexibility index (Phi) is 6.49. The van der Waals surface area contributed by atoms with Crippen molar-refractivity contribution >= 4 is 23.0 Å². The Morgan fingerprint density at radius 3 is 2.64 bits per heavy atom. The number of fused-ring (bicyclic) bond motifs is 1. The summed E-state index contributed by atoms with van der Waals surface area (Å²) in [6.45, 7) is 8.52. The van der Waals surface area contributed by atoms with Crippen molar-refractivity contribution in [3.8, 4) is 0 Å². The van der Waals surface area contributed by atoms with Crippen LogP contribution in [-0.2, 0) is 4.79 Å². The zero-order valence-electron chi connectivity index (χ0n) is 20.3. The zero-order valence-corrected chi connectivity index (χ0v) is 20.3. The number of likely N-dealkylation sites (tertiary alicyclic amines) is 1. The van der Waals surface area contributed by atoms with E-state index in [1.165, 1.54) is 5.01 Å². The first-order valence-electron chi connectivity index (χ1n) is 12.1. The number of nitrogens with zero attached hydrogens (tertiary/aromatic N) is 4. The minimum Gasteiger partial charge on any atom is -0.381 e. The van der Waals surface area contributed by atoms with Crippen LogP contribution in [0.1, 0.15) is 65.0 Å². The SMILES string of the molecule is CN(N=O)c1nc(C2=CC3CN(C(=O)C4(O)CCCCC4)CC3C2)ccc1NCC(C)(C)C. The summed E-state index contributed by atoms with van der Waals surface area (Å²) in [7, 11) is 1.61. The molecule has 1 amide bonds. The molecule has 3 aliphatic rings. The second-order valence-electron chi connectivity index (χ2n) is 11.2. The number of rotatable bonds is 6. The number of aliphatic hydroxyl groups is 1. The van der Waals surface area contributed by atoms with E-state index in [0.29, 0.717) is 37.7 Å². The van der Waals surface area contributed by atoms with Gasteiger partial charge in [0.2, 0.25) is 0 Å². The number of anilines is 2. The Bertz CT molecular complexity index is 932. The molecule has 2 aliphatic carbocycles. The summed E-state index contributed by atoms with van der Waals surface area (Å²) in [5.74, 6) is 1.06. The van der Waals surface area contributed by atoms with E-state index in [-0.39, 0.29) is 17.2 Å². The average Bonchev–Trinajstić information content (AvgIpc) is 3.36. The number of carbonyl (C=O) groups excluding carboxylic acids is 1. The summed E-state index contributed by atoms with van der Waals surface area (Å²) in [5.41, 5.74) is 1.70. The lowest BCUT2D eigenvalue weighted by atomic mass is 9.84. The van der Waals surface area contributed by atoms with Crippen molar-refractivity contribution in [2.75, 3.05) is 37.0 Å². The van der Waals surface area contributed by atoms with Crippen molar-refractivity contribution in [1.82, 2.24) is 9.88 Å². The molecule has 180 valence electrons. The van der Waals surface area contributed by atoms with Crippen molar-refractivity contribution in [2.45, 2.75) is 64.9 Å². The van der Waals surface area contributed by atoms with Crippen LogP contribution in [0.4, 0.5) is 11.5 Å². The molecule has 0 radical (unpaired) electrons. The van der Waals surface area contributed by atoms with E-state index in [9.17, 15) is 14.8 Å². The number of aromatic nitrogens is 1. The molecule has 0 spiro atoms. The molecule has 33 heavy (non-hydrogen) atoms. The maximum atomic E-state index is 13.0. The summed E-state index contributed by atoms with van der Waals surface area (Å²) in [4.78, 5) is 30.9. The van der Waals surface area contributed by atoms with Crippen LogP contribution in [0.5, 0.6) is 0 Å². The van der Waals surface area contributed by atoms with Gasteiger partial charge in [-0.2, -0.15) is 0 Å². The van der Waals surface area contributed by atoms with Gasteiger partial charge in [0, 0.05) is 26.7 Å². The molecule has 1 aromatic heterocycles. The number of nitroso groups, excluding NO2 is 1. The fourth-order valence-corrected chi connectivity index (χ4v) is 5.32. The Balaban J connectivity index is 1.48. The molecule has 2 atom stereocenters. The topological polar surface area (TPSA) is 98.1 Å². The van der Waals surface area contributed by atoms with Gasteiger partial charge in [-0.05, 0) is 54.2 Å². The molecule has 2 N–H and O–H groups in total. The van der Waals surface area contributed by atoms with Crippen LogP contribution in [0.15, 0.2) is 23.5 Å². The molecule has 2 unspecified atom stereocenters. The fraction of sp³-hybridized carbons (Fsp3) is 0.680. The van der Waals surface area contributed by atoms with E-state index in [4.69, 9.17) is 4.98 Å².